The topological polar surface area (TPSA) is 51.8 Å². The lowest BCUT2D eigenvalue weighted by molar-refractivity contribution is 0.274. The molecular weight excluding hydrogens is 256 g/mol. The molecule has 1 N–H and O–H groups in total. The van der Waals surface area contributed by atoms with Gasteiger partial charge in [0, 0.05) is 11.5 Å². The van der Waals surface area contributed by atoms with Gasteiger partial charge in [0.15, 0.2) is 0 Å². The highest BCUT2D eigenvalue weighted by Crippen LogP contribution is 2.25. The first-order valence-electron chi connectivity index (χ1n) is 6.23. The fourth-order valence-corrected chi connectivity index (χ4v) is 1.97. The smallest absolute Gasteiger partial charge is 0.146 e. The van der Waals surface area contributed by atoms with Gasteiger partial charge in [-0.2, -0.15) is 0 Å². The Labute approximate surface area is 116 Å². The number of furan rings is 1. The van der Waals surface area contributed by atoms with Crippen molar-refractivity contribution in [2.75, 3.05) is 7.11 Å². The van der Waals surface area contributed by atoms with Crippen molar-refractivity contribution >= 4 is 11.0 Å². The van der Waals surface area contributed by atoms with E-state index in [0.717, 1.165) is 16.9 Å². The summed E-state index contributed by atoms with van der Waals surface area (Å²) in [6.07, 6.45) is 0. The molecule has 2 aromatic carbocycles. The van der Waals surface area contributed by atoms with E-state index in [9.17, 15) is 5.11 Å². The molecular formula is C16H14O4. The molecule has 4 nitrogen and oxygen atoms in total. The van der Waals surface area contributed by atoms with Crippen LogP contribution in [-0.2, 0) is 6.61 Å². The van der Waals surface area contributed by atoms with Crippen molar-refractivity contribution in [1.82, 2.24) is 0 Å². The summed E-state index contributed by atoms with van der Waals surface area (Å²) in [5.74, 6) is 2.43. The first kappa shape index (κ1) is 12.4. The van der Waals surface area contributed by atoms with Crippen LogP contribution < -0.4 is 9.47 Å². The molecule has 3 rings (SSSR count). The van der Waals surface area contributed by atoms with Crippen molar-refractivity contribution in [3.63, 3.8) is 0 Å². The van der Waals surface area contributed by atoms with Crippen molar-refractivity contribution in [3.8, 4) is 17.2 Å². The van der Waals surface area contributed by atoms with Gasteiger partial charge >= 0.3 is 0 Å². The molecule has 0 unspecified atom stereocenters. The predicted octanol–water partition coefficient (Wildman–Crippen LogP) is 3.73. The third kappa shape index (κ3) is 2.54. The average Bonchev–Trinajstić information content (AvgIpc) is 2.87. The van der Waals surface area contributed by atoms with Crippen LogP contribution in [0.2, 0.25) is 0 Å². The minimum atomic E-state index is 0.189. The Morgan fingerprint density at radius 2 is 1.75 bits per heavy atom. The summed E-state index contributed by atoms with van der Waals surface area (Å²) in [6.45, 7) is 0.335. The number of methoxy groups -OCH3 is 1. The van der Waals surface area contributed by atoms with Crippen LogP contribution in [0.3, 0.4) is 0 Å². The number of aromatic hydroxyl groups is 1. The average molecular weight is 270 g/mol. The molecule has 0 aliphatic carbocycles. The van der Waals surface area contributed by atoms with Crippen molar-refractivity contribution in [2.24, 2.45) is 0 Å². The van der Waals surface area contributed by atoms with Crippen molar-refractivity contribution < 1.29 is 19.0 Å². The van der Waals surface area contributed by atoms with Gasteiger partial charge in [0.25, 0.3) is 0 Å². The molecule has 1 heterocycles. The van der Waals surface area contributed by atoms with Crippen molar-refractivity contribution in [2.45, 2.75) is 6.61 Å². The Balaban J connectivity index is 1.72. The number of ether oxygens (including phenoxy) is 2. The minimum absolute atomic E-state index is 0.189. The minimum Gasteiger partial charge on any atom is -0.508 e. The van der Waals surface area contributed by atoms with E-state index in [4.69, 9.17) is 13.9 Å². The summed E-state index contributed by atoms with van der Waals surface area (Å²) < 4.78 is 16.3. The second-order valence-corrected chi connectivity index (χ2v) is 4.40. The van der Waals surface area contributed by atoms with Crippen molar-refractivity contribution in [1.29, 1.82) is 0 Å². The quantitative estimate of drug-likeness (QED) is 0.785. The summed E-state index contributed by atoms with van der Waals surface area (Å²) in [7, 11) is 1.62. The van der Waals surface area contributed by atoms with E-state index in [-0.39, 0.29) is 5.75 Å². The fraction of sp³-hybridized carbons (Fsp3) is 0.125. The zero-order valence-corrected chi connectivity index (χ0v) is 11.0. The lowest BCUT2D eigenvalue weighted by atomic mass is 10.2. The molecule has 20 heavy (non-hydrogen) atoms. The van der Waals surface area contributed by atoms with E-state index in [1.165, 1.54) is 0 Å². The van der Waals surface area contributed by atoms with E-state index in [2.05, 4.69) is 0 Å². The van der Waals surface area contributed by atoms with Crippen LogP contribution >= 0.6 is 0 Å². The first-order chi connectivity index (χ1) is 9.74. The van der Waals surface area contributed by atoms with Gasteiger partial charge in [-0.3, -0.25) is 0 Å². The van der Waals surface area contributed by atoms with Crippen LogP contribution in [0.15, 0.2) is 52.9 Å². The Kier molecular flexibility index (Phi) is 3.21. The van der Waals surface area contributed by atoms with Gasteiger partial charge in [-0.1, -0.05) is 0 Å². The first-order valence-corrected chi connectivity index (χ1v) is 6.23. The van der Waals surface area contributed by atoms with E-state index in [1.54, 1.807) is 19.2 Å². The number of phenols is 1. The van der Waals surface area contributed by atoms with E-state index < -0.39 is 0 Å². The van der Waals surface area contributed by atoms with Crippen LogP contribution in [0.4, 0.5) is 0 Å². The Hall–Kier alpha value is -2.62. The highest BCUT2D eigenvalue weighted by Gasteiger charge is 2.05. The third-order valence-corrected chi connectivity index (χ3v) is 3.00. The number of hydrogen-bond donors (Lipinski definition) is 1. The molecule has 0 fully saturated rings. The number of benzene rings is 2. The molecule has 0 bridgehead atoms. The van der Waals surface area contributed by atoms with E-state index in [0.29, 0.717) is 18.0 Å². The van der Waals surface area contributed by atoms with E-state index in [1.807, 2.05) is 36.4 Å². The monoisotopic (exact) mass is 270 g/mol. The normalized spacial score (nSPS) is 10.7. The molecule has 4 heteroatoms. The number of rotatable bonds is 4. The van der Waals surface area contributed by atoms with Crippen LogP contribution in [0, 0.1) is 0 Å². The number of hydrogen-bond acceptors (Lipinski definition) is 4. The molecule has 0 aliphatic heterocycles. The Morgan fingerprint density at radius 3 is 2.50 bits per heavy atom. The highest BCUT2D eigenvalue weighted by atomic mass is 16.5. The summed E-state index contributed by atoms with van der Waals surface area (Å²) >= 11 is 0. The van der Waals surface area contributed by atoms with Crippen LogP contribution in [0.5, 0.6) is 17.2 Å². The maximum atomic E-state index is 9.39. The maximum absolute atomic E-state index is 9.39. The second kappa shape index (κ2) is 5.17. The standard InChI is InChI=1S/C16H14O4/c1-18-13-4-6-14(7-5-13)19-10-15-8-11-2-3-12(17)9-16(11)20-15/h2-9,17H,10H2,1H3. The highest BCUT2D eigenvalue weighted by molar-refractivity contribution is 5.79. The van der Waals surface area contributed by atoms with Gasteiger partial charge in [-0.15, -0.1) is 0 Å². The van der Waals surface area contributed by atoms with Gasteiger partial charge in [-0.25, -0.2) is 0 Å². The Morgan fingerprint density at radius 1 is 1.00 bits per heavy atom. The summed E-state index contributed by atoms with van der Waals surface area (Å²) in [6, 6.07) is 14.3. The molecule has 0 amide bonds. The van der Waals surface area contributed by atoms with Gasteiger partial charge in [0.1, 0.15) is 35.2 Å². The van der Waals surface area contributed by atoms with E-state index >= 15 is 0 Å². The molecule has 0 spiro atoms. The van der Waals surface area contributed by atoms with Gasteiger partial charge in [-0.05, 0) is 42.5 Å². The molecule has 102 valence electrons. The maximum Gasteiger partial charge on any atom is 0.146 e. The van der Waals surface area contributed by atoms with Crippen LogP contribution in [0.1, 0.15) is 5.76 Å². The molecule has 0 atom stereocenters. The lowest BCUT2D eigenvalue weighted by Gasteiger charge is -2.05. The van der Waals surface area contributed by atoms with Gasteiger partial charge in [0.2, 0.25) is 0 Å². The number of phenolic OH excluding ortho intramolecular Hbond substituents is 1. The predicted molar refractivity (Wildman–Crippen MR) is 75.2 cm³/mol. The fourth-order valence-electron chi connectivity index (χ4n) is 1.97. The number of fused-ring (bicyclic) bond motifs is 1. The molecule has 3 aromatic rings. The largest absolute Gasteiger partial charge is 0.508 e. The van der Waals surface area contributed by atoms with Crippen LogP contribution in [-0.4, -0.2) is 12.2 Å². The SMILES string of the molecule is COc1ccc(OCc2cc3ccc(O)cc3o2)cc1. The molecule has 0 saturated heterocycles. The summed E-state index contributed by atoms with van der Waals surface area (Å²) in [5, 5.41) is 10.3. The lowest BCUT2D eigenvalue weighted by Crippen LogP contribution is -1.93. The summed E-state index contributed by atoms with van der Waals surface area (Å²) in [5.41, 5.74) is 0.651. The molecule has 0 radical (unpaired) electrons. The van der Waals surface area contributed by atoms with Crippen LogP contribution in [0.25, 0.3) is 11.0 Å². The van der Waals surface area contributed by atoms with Crippen molar-refractivity contribution in [3.05, 3.63) is 54.3 Å². The zero-order chi connectivity index (χ0) is 13.9. The second-order valence-electron chi connectivity index (χ2n) is 4.40. The van der Waals surface area contributed by atoms with Gasteiger partial charge in [0.05, 0.1) is 7.11 Å². The molecule has 0 saturated carbocycles. The third-order valence-electron chi connectivity index (χ3n) is 3.00. The molecule has 1 aromatic heterocycles. The Bertz CT molecular complexity index is 713. The zero-order valence-electron chi connectivity index (χ0n) is 11.0. The van der Waals surface area contributed by atoms with Gasteiger partial charge < -0.3 is 19.0 Å². The summed E-state index contributed by atoms with van der Waals surface area (Å²) in [4.78, 5) is 0. The molecule has 0 aliphatic rings.